The zero-order valence-electron chi connectivity index (χ0n) is 22.9. The standard InChI is InChI=1S/C30H28ClF3N6O/c1-17-5-11-24(18(2)37-17)29(16-35,26-15-36-39-40(26)3)21-10-12-25-22(14-21)27(31)23(28(38-25)41-4)13-19-6-8-20(9-7-19)30(32,33)34/h5-12,14-15H,13,16,35H2,1-4H3. The third kappa shape index (κ3) is 5.02. The third-order valence-electron chi connectivity index (χ3n) is 7.47. The molecule has 1 atom stereocenters. The van der Waals surface area contributed by atoms with Gasteiger partial charge >= 0.3 is 6.18 Å². The molecule has 2 N–H and O–H groups in total. The molecule has 0 aliphatic heterocycles. The lowest BCUT2D eigenvalue weighted by molar-refractivity contribution is -0.137. The van der Waals surface area contributed by atoms with Gasteiger partial charge in [-0.25, -0.2) is 4.98 Å². The van der Waals surface area contributed by atoms with Gasteiger partial charge in [-0.15, -0.1) is 5.10 Å². The zero-order chi connectivity index (χ0) is 29.5. The largest absolute Gasteiger partial charge is 0.481 e. The first-order valence-corrected chi connectivity index (χ1v) is 13.2. The SMILES string of the molecule is COc1nc2ccc(C(CN)(c3ccc(C)nc3C)c3cnnn3C)cc2c(Cl)c1Cc1ccc(C(F)(F)F)cc1. The van der Waals surface area contributed by atoms with Crippen LogP contribution in [0.3, 0.4) is 0 Å². The van der Waals surface area contributed by atoms with Crippen molar-refractivity contribution < 1.29 is 17.9 Å². The van der Waals surface area contributed by atoms with Crippen LogP contribution in [0.4, 0.5) is 13.2 Å². The average molecular weight is 581 g/mol. The average Bonchev–Trinajstić information content (AvgIpc) is 3.37. The predicted molar refractivity (Wildman–Crippen MR) is 151 cm³/mol. The Hall–Kier alpha value is -4.02. The molecule has 1 unspecified atom stereocenters. The number of alkyl halides is 3. The van der Waals surface area contributed by atoms with Gasteiger partial charge in [0.2, 0.25) is 5.88 Å². The fourth-order valence-electron chi connectivity index (χ4n) is 5.43. The van der Waals surface area contributed by atoms with Gasteiger partial charge < -0.3 is 10.5 Å². The molecule has 41 heavy (non-hydrogen) atoms. The number of nitrogens with zero attached hydrogens (tertiary/aromatic N) is 5. The van der Waals surface area contributed by atoms with Gasteiger partial charge in [0.25, 0.3) is 0 Å². The van der Waals surface area contributed by atoms with E-state index in [-0.39, 0.29) is 13.0 Å². The van der Waals surface area contributed by atoms with E-state index >= 15 is 0 Å². The monoisotopic (exact) mass is 580 g/mol. The summed E-state index contributed by atoms with van der Waals surface area (Å²) in [5.41, 5.74) is 11.0. The molecule has 7 nitrogen and oxygen atoms in total. The number of methoxy groups -OCH3 is 1. The Kier molecular flexibility index (Phi) is 7.48. The molecule has 0 spiro atoms. The smallest absolute Gasteiger partial charge is 0.416 e. The summed E-state index contributed by atoms with van der Waals surface area (Å²) in [5, 5.41) is 9.35. The molecular weight excluding hydrogens is 553 g/mol. The lowest BCUT2D eigenvalue weighted by Gasteiger charge is -2.34. The van der Waals surface area contributed by atoms with E-state index in [2.05, 4.69) is 15.3 Å². The fraction of sp³-hybridized carbons (Fsp3) is 0.267. The molecule has 0 saturated carbocycles. The van der Waals surface area contributed by atoms with Crippen LogP contribution < -0.4 is 10.5 Å². The van der Waals surface area contributed by atoms with Crippen molar-refractivity contribution in [2.75, 3.05) is 13.7 Å². The highest BCUT2D eigenvalue weighted by Crippen LogP contribution is 2.42. The fourth-order valence-corrected chi connectivity index (χ4v) is 5.73. The van der Waals surface area contributed by atoms with E-state index in [1.165, 1.54) is 19.2 Å². The van der Waals surface area contributed by atoms with E-state index in [9.17, 15) is 13.2 Å². The van der Waals surface area contributed by atoms with Gasteiger partial charge in [0.05, 0.1) is 40.5 Å². The van der Waals surface area contributed by atoms with E-state index in [1.54, 1.807) is 10.9 Å². The highest BCUT2D eigenvalue weighted by atomic mass is 35.5. The third-order valence-corrected chi connectivity index (χ3v) is 7.90. The Labute approximate surface area is 240 Å². The number of halogens is 4. The van der Waals surface area contributed by atoms with Crippen molar-refractivity contribution in [3.05, 3.63) is 111 Å². The second-order valence-electron chi connectivity index (χ2n) is 9.95. The number of rotatable bonds is 7. The number of hydrogen-bond donors (Lipinski definition) is 1. The number of benzene rings is 2. The van der Waals surface area contributed by atoms with Crippen molar-refractivity contribution in [3.63, 3.8) is 0 Å². The zero-order valence-corrected chi connectivity index (χ0v) is 23.7. The summed E-state index contributed by atoms with van der Waals surface area (Å²) in [5.74, 6) is 0.301. The molecular formula is C30H28ClF3N6O. The quantitative estimate of drug-likeness (QED) is 0.256. The van der Waals surface area contributed by atoms with Crippen LogP contribution in [-0.4, -0.2) is 38.6 Å². The summed E-state index contributed by atoms with van der Waals surface area (Å²) < 4.78 is 46.5. The van der Waals surface area contributed by atoms with Gasteiger partial charge in [-0.3, -0.25) is 9.67 Å². The topological polar surface area (TPSA) is 91.7 Å². The minimum absolute atomic E-state index is 0.185. The first-order valence-electron chi connectivity index (χ1n) is 12.8. The summed E-state index contributed by atoms with van der Waals surface area (Å²) in [7, 11) is 3.30. The Balaban J connectivity index is 1.70. The summed E-state index contributed by atoms with van der Waals surface area (Å²) in [6, 6.07) is 14.7. The van der Waals surface area contributed by atoms with Crippen LogP contribution in [0.25, 0.3) is 10.9 Å². The summed E-state index contributed by atoms with van der Waals surface area (Å²) >= 11 is 7.03. The van der Waals surface area contributed by atoms with Gasteiger partial charge in [0.15, 0.2) is 0 Å². The summed E-state index contributed by atoms with van der Waals surface area (Å²) in [6.45, 7) is 4.06. The first kappa shape index (κ1) is 28.5. The Bertz CT molecular complexity index is 1740. The van der Waals surface area contributed by atoms with Crippen molar-refractivity contribution in [1.82, 2.24) is 25.0 Å². The maximum absolute atomic E-state index is 13.1. The van der Waals surface area contributed by atoms with Crippen LogP contribution in [0.2, 0.25) is 5.02 Å². The number of pyridine rings is 2. The molecule has 0 amide bonds. The van der Waals surface area contributed by atoms with Crippen LogP contribution in [-0.2, 0) is 25.1 Å². The molecule has 11 heteroatoms. The number of ether oxygens (including phenoxy) is 1. The number of nitrogens with two attached hydrogens (primary N) is 1. The van der Waals surface area contributed by atoms with E-state index in [1.807, 2.05) is 51.2 Å². The van der Waals surface area contributed by atoms with Crippen LogP contribution in [0.1, 0.15) is 44.9 Å². The molecule has 3 heterocycles. The molecule has 5 rings (SSSR count). The molecule has 0 aliphatic carbocycles. The molecule has 3 aromatic heterocycles. The number of aryl methyl sites for hydroxylation is 3. The van der Waals surface area contributed by atoms with Crippen molar-refractivity contribution in [1.29, 1.82) is 0 Å². The van der Waals surface area contributed by atoms with E-state index < -0.39 is 17.2 Å². The van der Waals surface area contributed by atoms with Crippen molar-refractivity contribution >= 4 is 22.5 Å². The van der Waals surface area contributed by atoms with Crippen molar-refractivity contribution in [2.24, 2.45) is 12.8 Å². The van der Waals surface area contributed by atoms with Gasteiger partial charge in [0.1, 0.15) is 0 Å². The van der Waals surface area contributed by atoms with Gasteiger partial charge in [-0.2, -0.15) is 13.2 Å². The number of fused-ring (bicyclic) bond motifs is 1. The molecule has 0 saturated heterocycles. The van der Waals surface area contributed by atoms with E-state index in [4.69, 9.17) is 27.1 Å². The molecule has 2 aromatic carbocycles. The summed E-state index contributed by atoms with van der Waals surface area (Å²) in [4.78, 5) is 9.38. The van der Waals surface area contributed by atoms with Crippen molar-refractivity contribution in [3.8, 4) is 5.88 Å². The lowest BCUT2D eigenvalue weighted by atomic mass is 9.71. The van der Waals surface area contributed by atoms with Crippen LogP contribution in [0.15, 0.2) is 60.8 Å². The highest BCUT2D eigenvalue weighted by Gasteiger charge is 2.40. The van der Waals surface area contributed by atoms with Gasteiger partial charge in [-0.05, 0) is 60.9 Å². The molecule has 0 aliphatic rings. The van der Waals surface area contributed by atoms with Crippen molar-refractivity contribution in [2.45, 2.75) is 31.9 Å². The minimum Gasteiger partial charge on any atom is -0.481 e. The van der Waals surface area contributed by atoms with Crippen LogP contribution in [0, 0.1) is 13.8 Å². The molecule has 0 radical (unpaired) electrons. The minimum atomic E-state index is -4.42. The van der Waals surface area contributed by atoms with E-state index in [0.29, 0.717) is 32.9 Å². The Morgan fingerprint density at radius 1 is 0.976 bits per heavy atom. The van der Waals surface area contributed by atoms with Gasteiger partial charge in [-0.1, -0.05) is 41.1 Å². The van der Waals surface area contributed by atoms with Crippen LogP contribution >= 0.6 is 11.6 Å². The maximum atomic E-state index is 13.1. The van der Waals surface area contributed by atoms with Gasteiger partial charge in [0, 0.05) is 42.4 Å². The molecule has 0 bridgehead atoms. The number of aromatic nitrogens is 5. The lowest BCUT2D eigenvalue weighted by Crippen LogP contribution is -2.40. The number of hydrogen-bond acceptors (Lipinski definition) is 6. The Morgan fingerprint density at radius 3 is 2.27 bits per heavy atom. The summed E-state index contributed by atoms with van der Waals surface area (Å²) in [6.07, 6.45) is -2.50. The predicted octanol–water partition coefficient (Wildman–Crippen LogP) is 5.94. The highest BCUT2D eigenvalue weighted by molar-refractivity contribution is 6.36. The second kappa shape index (κ2) is 10.8. The molecule has 0 fully saturated rings. The van der Waals surface area contributed by atoms with E-state index in [0.717, 1.165) is 40.3 Å². The van der Waals surface area contributed by atoms with Crippen LogP contribution in [0.5, 0.6) is 5.88 Å². The maximum Gasteiger partial charge on any atom is 0.416 e. The second-order valence-corrected chi connectivity index (χ2v) is 10.3. The molecule has 212 valence electrons. The normalized spacial score (nSPS) is 13.4. The first-order chi connectivity index (χ1) is 19.5. The Morgan fingerprint density at radius 2 is 1.68 bits per heavy atom. The molecule has 5 aromatic rings.